The standard InChI is InChI=1S/C14H12N2O/c17-14-15-9-12-11(7-4-8-13(12)16-14)10-5-2-1-3-6-10/h1-8H,9H2,(H2,15,16,17). The molecule has 0 saturated heterocycles. The number of urea groups is 1. The molecule has 2 N–H and O–H groups in total. The lowest BCUT2D eigenvalue weighted by Crippen LogP contribution is -2.33. The van der Waals surface area contributed by atoms with E-state index in [1.54, 1.807) is 0 Å². The average Bonchev–Trinajstić information content (AvgIpc) is 2.39. The van der Waals surface area contributed by atoms with Crippen molar-refractivity contribution in [2.75, 3.05) is 5.32 Å². The SMILES string of the molecule is O=C1NCc2c(cccc2-c2ccccc2)N1. The molecule has 2 aromatic rings. The van der Waals surface area contributed by atoms with Crippen molar-refractivity contribution in [3.63, 3.8) is 0 Å². The molecular formula is C14H12N2O. The van der Waals surface area contributed by atoms with Crippen LogP contribution >= 0.6 is 0 Å². The molecule has 0 spiro atoms. The van der Waals surface area contributed by atoms with Gasteiger partial charge in [0.2, 0.25) is 0 Å². The Morgan fingerprint density at radius 3 is 2.59 bits per heavy atom. The van der Waals surface area contributed by atoms with E-state index in [2.05, 4.69) is 28.8 Å². The Labute approximate surface area is 99.5 Å². The predicted octanol–water partition coefficient (Wildman–Crippen LogP) is 2.99. The number of carbonyl (C=O) groups excluding carboxylic acids is 1. The third kappa shape index (κ3) is 1.76. The van der Waals surface area contributed by atoms with Crippen LogP contribution in [0.25, 0.3) is 11.1 Å². The minimum atomic E-state index is -0.136. The molecule has 1 aliphatic heterocycles. The van der Waals surface area contributed by atoms with Gasteiger partial charge in [0.15, 0.2) is 0 Å². The average molecular weight is 224 g/mol. The normalized spacial score (nSPS) is 13.5. The molecule has 0 bridgehead atoms. The second-order valence-corrected chi connectivity index (χ2v) is 4.01. The Morgan fingerprint density at radius 2 is 1.76 bits per heavy atom. The lowest BCUT2D eigenvalue weighted by atomic mass is 9.97. The number of nitrogens with one attached hydrogen (secondary N) is 2. The largest absolute Gasteiger partial charge is 0.334 e. The Morgan fingerprint density at radius 1 is 0.941 bits per heavy atom. The van der Waals surface area contributed by atoms with Gasteiger partial charge < -0.3 is 10.6 Å². The summed E-state index contributed by atoms with van der Waals surface area (Å²) < 4.78 is 0. The summed E-state index contributed by atoms with van der Waals surface area (Å²) in [5, 5.41) is 5.62. The molecule has 84 valence electrons. The summed E-state index contributed by atoms with van der Waals surface area (Å²) in [5.74, 6) is 0. The summed E-state index contributed by atoms with van der Waals surface area (Å²) in [6.45, 7) is 0.576. The molecule has 0 aromatic heterocycles. The molecule has 3 heteroatoms. The summed E-state index contributed by atoms with van der Waals surface area (Å²) in [7, 11) is 0. The minimum absolute atomic E-state index is 0.136. The molecule has 0 unspecified atom stereocenters. The van der Waals surface area contributed by atoms with Crippen molar-refractivity contribution in [1.29, 1.82) is 0 Å². The number of amides is 2. The molecule has 0 aliphatic carbocycles. The fourth-order valence-corrected chi connectivity index (χ4v) is 2.12. The summed E-state index contributed by atoms with van der Waals surface area (Å²) in [6, 6.07) is 16.0. The Balaban J connectivity index is 2.13. The maximum atomic E-state index is 11.3. The third-order valence-corrected chi connectivity index (χ3v) is 2.93. The Bertz CT molecular complexity index is 564. The monoisotopic (exact) mass is 224 g/mol. The minimum Gasteiger partial charge on any atom is -0.334 e. The molecule has 0 radical (unpaired) electrons. The first-order valence-electron chi connectivity index (χ1n) is 5.57. The van der Waals surface area contributed by atoms with Crippen molar-refractivity contribution in [2.45, 2.75) is 6.54 Å². The van der Waals surface area contributed by atoms with Crippen LogP contribution in [0, 0.1) is 0 Å². The van der Waals surface area contributed by atoms with Gasteiger partial charge in [0.1, 0.15) is 0 Å². The fourth-order valence-electron chi connectivity index (χ4n) is 2.12. The van der Waals surface area contributed by atoms with Crippen molar-refractivity contribution in [2.24, 2.45) is 0 Å². The fraction of sp³-hybridized carbons (Fsp3) is 0.0714. The molecule has 1 aliphatic rings. The molecule has 3 rings (SSSR count). The highest BCUT2D eigenvalue weighted by molar-refractivity contribution is 5.94. The van der Waals surface area contributed by atoms with Crippen LogP contribution in [0.1, 0.15) is 5.56 Å². The predicted molar refractivity (Wildman–Crippen MR) is 67.7 cm³/mol. The van der Waals surface area contributed by atoms with Crippen LogP contribution in [0.3, 0.4) is 0 Å². The van der Waals surface area contributed by atoms with Crippen molar-refractivity contribution in [3.8, 4) is 11.1 Å². The van der Waals surface area contributed by atoms with Gasteiger partial charge in [-0.1, -0.05) is 42.5 Å². The number of hydrogen-bond donors (Lipinski definition) is 2. The molecular weight excluding hydrogens is 212 g/mol. The lowest BCUT2D eigenvalue weighted by molar-refractivity contribution is 0.251. The third-order valence-electron chi connectivity index (χ3n) is 2.93. The molecule has 0 fully saturated rings. The van der Waals surface area contributed by atoms with E-state index < -0.39 is 0 Å². The molecule has 0 saturated carbocycles. The Hall–Kier alpha value is -2.29. The van der Waals surface area contributed by atoms with Gasteiger partial charge in [-0.2, -0.15) is 0 Å². The highest BCUT2D eigenvalue weighted by Gasteiger charge is 2.16. The molecule has 0 atom stereocenters. The van der Waals surface area contributed by atoms with E-state index in [1.807, 2.05) is 30.3 Å². The van der Waals surface area contributed by atoms with E-state index in [1.165, 1.54) is 5.56 Å². The Kier molecular flexibility index (Phi) is 2.29. The van der Waals surface area contributed by atoms with Crippen molar-refractivity contribution >= 4 is 11.7 Å². The first-order valence-corrected chi connectivity index (χ1v) is 5.57. The van der Waals surface area contributed by atoms with Crippen molar-refractivity contribution in [3.05, 3.63) is 54.1 Å². The van der Waals surface area contributed by atoms with E-state index in [0.717, 1.165) is 16.8 Å². The van der Waals surface area contributed by atoms with E-state index in [-0.39, 0.29) is 6.03 Å². The van der Waals surface area contributed by atoms with E-state index in [0.29, 0.717) is 6.54 Å². The molecule has 2 aromatic carbocycles. The van der Waals surface area contributed by atoms with E-state index in [4.69, 9.17) is 0 Å². The summed E-state index contributed by atoms with van der Waals surface area (Å²) in [4.78, 5) is 11.3. The first kappa shape index (κ1) is 9.90. The first-order chi connectivity index (χ1) is 8.34. The van der Waals surface area contributed by atoms with Crippen molar-refractivity contribution in [1.82, 2.24) is 5.32 Å². The van der Waals surface area contributed by atoms with Gasteiger partial charge >= 0.3 is 6.03 Å². The molecule has 3 nitrogen and oxygen atoms in total. The van der Waals surface area contributed by atoms with Crippen molar-refractivity contribution < 1.29 is 4.79 Å². The second kappa shape index (κ2) is 3.94. The zero-order chi connectivity index (χ0) is 11.7. The van der Waals surface area contributed by atoms with E-state index in [9.17, 15) is 4.79 Å². The van der Waals surface area contributed by atoms with Gasteiger partial charge in [0.05, 0.1) is 0 Å². The molecule has 17 heavy (non-hydrogen) atoms. The van der Waals surface area contributed by atoms with Crippen LogP contribution in [0.15, 0.2) is 48.5 Å². The number of carbonyl (C=O) groups is 1. The second-order valence-electron chi connectivity index (χ2n) is 4.01. The number of benzene rings is 2. The number of anilines is 1. The maximum absolute atomic E-state index is 11.3. The summed E-state index contributed by atoms with van der Waals surface area (Å²) in [6.07, 6.45) is 0. The van der Waals surface area contributed by atoms with E-state index >= 15 is 0 Å². The van der Waals surface area contributed by atoms with Gasteiger partial charge in [-0.25, -0.2) is 4.79 Å². The van der Waals surface area contributed by atoms with Gasteiger partial charge in [0, 0.05) is 17.8 Å². The van der Waals surface area contributed by atoms with Gasteiger partial charge in [-0.05, 0) is 17.2 Å². The van der Waals surface area contributed by atoms with Crippen LogP contribution in [-0.4, -0.2) is 6.03 Å². The van der Waals surface area contributed by atoms with Gasteiger partial charge in [-0.3, -0.25) is 0 Å². The summed E-state index contributed by atoms with van der Waals surface area (Å²) >= 11 is 0. The number of fused-ring (bicyclic) bond motifs is 1. The van der Waals surface area contributed by atoms with Crippen LogP contribution in [0.4, 0.5) is 10.5 Å². The topological polar surface area (TPSA) is 41.1 Å². The quantitative estimate of drug-likeness (QED) is 0.768. The van der Waals surface area contributed by atoms with Gasteiger partial charge in [-0.15, -0.1) is 0 Å². The van der Waals surface area contributed by atoms with Crippen LogP contribution in [0.5, 0.6) is 0 Å². The summed E-state index contributed by atoms with van der Waals surface area (Å²) in [5.41, 5.74) is 4.37. The highest BCUT2D eigenvalue weighted by atomic mass is 16.2. The van der Waals surface area contributed by atoms with Gasteiger partial charge in [0.25, 0.3) is 0 Å². The number of hydrogen-bond acceptors (Lipinski definition) is 1. The van der Waals surface area contributed by atoms with Crippen LogP contribution < -0.4 is 10.6 Å². The smallest absolute Gasteiger partial charge is 0.319 e. The molecule has 1 heterocycles. The zero-order valence-electron chi connectivity index (χ0n) is 9.23. The lowest BCUT2D eigenvalue weighted by Gasteiger charge is -2.21. The zero-order valence-corrected chi connectivity index (χ0v) is 9.23. The molecule has 2 amide bonds. The maximum Gasteiger partial charge on any atom is 0.319 e. The van der Waals surface area contributed by atoms with Crippen LogP contribution in [-0.2, 0) is 6.54 Å². The van der Waals surface area contributed by atoms with Crippen LogP contribution in [0.2, 0.25) is 0 Å². The highest BCUT2D eigenvalue weighted by Crippen LogP contribution is 2.30. The number of rotatable bonds is 1.